The Balaban J connectivity index is 2.11. The topological polar surface area (TPSA) is 46.5 Å². The minimum Gasteiger partial charge on any atom is -0.393 e. The first kappa shape index (κ1) is 16.9. The lowest BCUT2D eigenvalue weighted by molar-refractivity contribution is -0.154. The van der Waals surface area contributed by atoms with Gasteiger partial charge in [-0.1, -0.05) is 63.3 Å². The predicted molar refractivity (Wildman–Crippen MR) is 88.5 cm³/mol. The summed E-state index contributed by atoms with van der Waals surface area (Å²) in [6, 6.07) is 9.99. The second-order valence-corrected chi connectivity index (χ2v) is 6.60. The summed E-state index contributed by atoms with van der Waals surface area (Å²) in [5.74, 6) is 0.203. The van der Waals surface area contributed by atoms with E-state index in [1.807, 2.05) is 63.3 Å². The second kappa shape index (κ2) is 7.21. The minimum atomic E-state index is -0.529. The van der Waals surface area contributed by atoms with E-state index in [0.717, 1.165) is 5.56 Å². The molecule has 1 aliphatic heterocycles. The highest BCUT2D eigenvalue weighted by atomic mass is 16.5. The first-order chi connectivity index (χ1) is 10.4. The van der Waals surface area contributed by atoms with E-state index in [-0.39, 0.29) is 18.0 Å². The van der Waals surface area contributed by atoms with Gasteiger partial charge in [-0.3, -0.25) is 4.79 Å². The van der Waals surface area contributed by atoms with Gasteiger partial charge >= 0.3 is 0 Å². The maximum absolute atomic E-state index is 12.4. The number of ketones is 1. The Morgan fingerprint density at radius 2 is 2.05 bits per heavy atom. The molecule has 1 aliphatic rings. The average molecular weight is 302 g/mol. The molecule has 3 nitrogen and oxygen atoms in total. The van der Waals surface area contributed by atoms with Gasteiger partial charge in [0, 0.05) is 6.42 Å². The Morgan fingerprint density at radius 3 is 2.68 bits per heavy atom. The zero-order valence-corrected chi connectivity index (χ0v) is 13.7. The van der Waals surface area contributed by atoms with Crippen LogP contribution in [0.4, 0.5) is 0 Å². The van der Waals surface area contributed by atoms with Gasteiger partial charge in [-0.15, -0.1) is 0 Å². The van der Waals surface area contributed by atoms with Gasteiger partial charge in [-0.25, -0.2) is 0 Å². The summed E-state index contributed by atoms with van der Waals surface area (Å²) in [5.41, 5.74) is 0.559. The first-order valence-corrected chi connectivity index (χ1v) is 8.03. The Labute approximate surface area is 133 Å². The van der Waals surface area contributed by atoms with Crippen LogP contribution in [0.25, 0.3) is 6.08 Å². The van der Waals surface area contributed by atoms with Crippen molar-refractivity contribution < 1.29 is 14.6 Å². The molecule has 0 unspecified atom stereocenters. The second-order valence-electron chi connectivity index (χ2n) is 6.60. The molecule has 1 heterocycles. The summed E-state index contributed by atoms with van der Waals surface area (Å²) in [4.78, 5) is 12.4. The molecule has 0 radical (unpaired) electrons. The SMILES string of the molecule is CC[C@@H](O)C[C@@H]1CC(=O)C(C)(C)[C@H](/C=C/c2ccccc2)O1. The molecule has 1 aromatic rings. The summed E-state index contributed by atoms with van der Waals surface area (Å²) in [7, 11) is 0. The first-order valence-electron chi connectivity index (χ1n) is 8.03. The molecular weight excluding hydrogens is 276 g/mol. The van der Waals surface area contributed by atoms with Crippen LogP contribution in [0.5, 0.6) is 0 Å². The number of carbonyl (C=O) groups is 1. The molecule has 1 fully saturated rings. The van der Waals surface area contributed by atoms with Gasteiger partial charge in [0.15, 0.2) is 0 Å². The number of hydrogen-bond donors (Lipinski definition) is 1. The highest BCUT2D eigenvalue weighted by Crippen LogP contribution is 2.35. The quantitative estimate of drug-likeness (QED) is 0.903. The molecule has 2 rings (SSSR count). The van der Waals surface area contributed by atoms with Crippen LogP contribution in [0, 0.1) is 5.41 Å². The largest absolute Gasteiger partial charge is 0.393 e. The highest BCUT2D eigenvalue weighted by Gasteiger charge is 2.42. The molecule has 0 bridgehead atoms. The van der Waals surface area contributed by atoms with Crippen molar-refractivity contribution >= 4 is 11.9 Å². The average Bonchev–Trinajstić information content (AvgIpc) is 2.50. The van der Waals surface area contributed by atoms with Gasteiger partial charge in [0.1, 0.15) is 5.78 Å². The molecule has 22 heavy (non-hydrogen) atoms. The molecule has 3 heteroatoms. The number of carbonyl (C=O) groups excluding carboxylic acids is 1. The lowest BCUT2D eigenvalue weighted by Gasteiger charge is -2.40. The lowest BCUT2D eigenvalue weighted by atomic mass is 9.76. The molecule has 0 spiro atoms. The van der Waals surface area contributed by atoms with E-state index in [4.69, 9.17) is 4.74 Å². The fourth-order valence-corrected chi connectivity index (χ4v) is 2.71. The van der Waals surface area contributed by atoms with Crippen LogP contribution in [0.3, 0.4) is 0 Å². The molecule has 0 aliphatic carbocycles. The van der Waals surface area contributed by atoms with Gasteiger partial charge in [-0.05, 0) is 18.4 Å². The van der Waals surface area contributed by atoms with Crippen molar-refractivity contribution in [3.05, 3.63) is 42.0 Å². The zero-order valence-electron chi connectivity index (χ0n) is 13.7. The van der Waals surface area contributed by atoms with Gasteiger partial charge in [-0.2, -0.15) is 0 Å². The summed E-state index contributed by atoms with van der Waals surface area (Å²) in [5, 5.41) is 9.81. The fraction of sp³-hybridized carbons (Fsp3) is 0.526. The molecule has 1 aromatic carbocycles. The van der Waals surface area contributed by atoms with Crippen LogP contribution in [0.1, 0.15) is 45.6 Å². The van der Waals surface area contributed by atoms with E-state index >= 15 is 0 Å². The van der Waals surface area contributed by atoms with Crippen molar-refractivity contribution in [3.8, 4) is 0 Å². The summed E-state index contributed by atoms with van der Waals surface area (Å²) < 4.78 is 6.10. The van der Waals surface area contributed by atoms with Crippen molar-refractivity contribution in [2.24, 2.45) is 5.41 Å². The number of hydrogen-bond acceptors (Lipinski definition) is 3. The minimum absolute atomic E-state index is 0.194. The van der Waals surface area contributed by atoms with Crippen molar-refractivity contribution in [1.82, 2.24) is 0 Å². The molecule has 1 N–H and O–H groups in total. The highest BCUT2D eigenvalue weighted by molar-refractivity contribution is 5.86. The summed E-state index contributed by atoms with van der Waals surface area (Å²) >= 11 is 0. The predicted octanol–water partition coefficient (Wildman–Crippen LogP) is 3.61. The molecule has 0 amide bonds. The molecule has 0 aromatic heterocycles. The zero-order chi connectivity index (χ0) is 16.2. The lowest BCUT2D eigenvalue weighted by Crippen LogP contribution is -2.47. The number of aliphatic hydroxyl groups excluding tert-OH is 1. The number of ether oxygens (including phenoxy) is 1. The standard InChI is InChI=1S/C19H26O3/c1-4-15(20)12-16-13-17(21)19(2,3)18(22-16)11-10-14-8-6-5-7-9-14/h5-11,15-16,18,20H,4,12-13H2,1-3H3/b11-10+/t15-,16-,18+/m1/s1. The Morgan fingerprint density at radius 1 is 1.36 bits per heavy atom. The molecule has 0 saturated carbocycles. The third kappa shape index (κ3) is 4.05. The third-order valence-electron chi connectivity index (χ3n) is 4.45. The molecule has 3 atom stereocenters. The van der Waals surface area contributed by atoms with Crippen LogP contribution < -0.4 is 0 Å². The number of Topliss-reactive ketones (excluding diaryl/α,β-unsaturated/α-hetero) is 1. The van der Waals surface area contributed by atoms with Gasteiger partial charge in [0.05, 0.1) is 23.7 Å². The van der Waals surface area contributed by atoms with E-state index < -0.39 is 11.5 Å². The Bertz CT molecular complexity index is 519. The van der Waals surface area contributed by atoms with Crippen LogP contribution >= 0.6 is 0 Å². The summed E-state index contributed by atoms with van der Waals surface area (Å²) in [6.07, 6.45) is 4.70. The Kier molecular flexibility index (Phi) is 5.54. The van der Waals surface area contributed by atoms with E-state index in [1.165, 1.54) is 0 Å². The third-order valence-corrected chi connectivity index (χ3v) is 4.45. The van der Waals surface area contributed by atoms with Crippen LogP contribution in [-0.2, 0) is 9.53 Å². The van der Waals surface area contributed by atoms with Crippen molar-refractivity contribution in [3.63, 3.8) is 0 Å². The number of aliphatic hydroxyl groups is 1. The monoisotopic (exact) mass is 302 g/mol. The maximum Gasteiger partial charge on any atom is 0.143 e. The van der Waals surface area contributed by atoms with E-state index in [0.29, 0.717) is 19.3 Å². The van der Waals surface area contributed by atoms with Crippen LogP contribution in [0.15, 0.2) is 36.4 Å². The fourth-order valence-electron chi connectivity index (χ4n) is 2.71. The van der Waals surface area contributed by atoms with Crippen molar-refractivity contribution in [1.29, 1.82) is 0 Å². The van der Waals surface area contributed by atoms with Crippen molar-refractivity contribution in [2.45, 2.75) is 58.3 Å². The van der Waals surface area contributed by atoms with Crippen LogP contribution in [0.2, 0.25) is 0 Å². The molecule has 1 saturated heterocycles. The number of benzene rings is 1. The van der Waals surface area contributed by atoms with E-state index in [2.05, 4.69) is 0 Å². The Hall–Kier alpha value is -1.45. The normalized spacial score (nSPS) is 26.3. The maximum atomic E-state index is 12.4. The van der Waals surface area contributed by atoms with Crippen molar-refractivity contribution in [2.75, 3.05) is 0 Å². The number of rotatable bonds is 5. The smallest absolute Gasteiger partial charge is 0.143 e. The van der Waals surface area contributed by atoms with Gasteiger partial charge in [0.2, 0.25) is 0 Å². The molecule has 120 valence electrons. The summed E-state index contributed by atoms with van der Waals surface area (Å²) in [6.45, 7) is 5.80. The van der Waals surface area contributed by atoms with Crippen LogP contribution in [-0.4, -0.2) is 29.2 Å². The molecular formula is C19H26O3. The van der Waals surface area contributed by atoms with Gasteiger partial charge < -0.3 is 9.84 Å². The van der Waals surface area contributed by atoms with E-state index in [9.17, 15) is 9.90 Å². The van der Waals surface area contributed by atoms with Gasteiger partial charge in [0.25, 0.3) is 0 Å². The van der Waals surface area contributed by atoms with E-state index in [1.54, 1.807) is 0 Å².